The molecule has 4 aromatic heterocycles. The highest BCUT2D eigenvalue weighted by Gasteiger charge is 2.28. The van der Waals surface area contributed by atoms with Crippen LogP contribution in [0.15, 0.2) is 51.2 Å². The minimum absolute atomic E-state index is 0.335. The first-order valence-corrected chi connectivity index (χ1v) is 12.3. The third kappa shape index (κ3) is 3.62. The van der Waals surface area contributed by atoms with Gasteiger partial charge in [-0.15, -0.1) is 0 Å². The lowest BCUT2D eigenvalue weighted by Gasteiger charge is -2.09. The van der Waals surface area contributed by atoms with Crippen LogP contribution in [0.3, 0.4) is 0 Å². The quantitative estimate of drug-likeness (QED) is 0.343. The number of H-pyrrole nitrogens is 1. The van der Waals surface area contributed by atoms with Gasteiger partial charge in [-0.25, -0.2) is 4.79 Å². The summed E-state index contributed by atoms with van der Waals surface area (Å²) in [5.74, 6) is 0.438. The van der Waals surface area contributed by atoms with Gasteiger partial charge in [0.25, 0.3) is 5.56 Å². The summed E-state index contributed by atoms with van der Waals surface area (Å²) in [7, 11) is 3.47. The van der Waals surface area contributed by atoms with Crippen LogP contribution in [-0.4, -0.2) is 35.2 Å². The van der Waals surface area contributed by atoms with Crippen molar-refractivity contribution in [3.8, 4) is 11.4 Å². The molecule has 1 fully saturated rings. The number of hydrogen-bond acceptors (Lipinski definition) is 4. The SMILES string of the molecule is C=NCc1cc(-c2c3c(=O)n(C)c(=O)n(CC4CC4)c3nn2Cc2c[nH]c3ccc(Cl)cc23)n(C)c1. The van der Waals surface area contributed by atoms with Gasteiger partial charge in [-0.2, -0.15) is 5.10 Å². The summed E-state index contributed by atoms with van der Waals surface area (Å²) < 4.78 is 6.66. The lowest BCUT2D eigenvalue weighted by Crippen LogP contribution is -2.38. The van der Waals surface area contributed by atoms with E-state index in [1.54, 1.807) is 4.57 Å². The van der Waals surface area contributed by atoms with Gasteiger partial charge in [0.15, 0.2) is 5.65 Å². The van der Waals surface area contributed by atoms with Crippen molar-refractivity contribution in [2.45, 2.75) is 32.5 Å². The molecule has 1 N–H and O–H groups in total. The molecule has 184 valence electrons. The second-order valence-corrected chi connectivity index (χ2v) is 10.1. The smallest absolute Gasteiger partial charge is 0.332 e. The van der Waals surface area contributed by atoms with Crippen molar-refractivity contribution in [3.63, 3.8) is 0 Å². The van der Waals surface area contributed by atoms with Gasteiger partial charge in [-0.3, -0.25) is 23.6 Å². The van der Waals surface area contributed by atoms with Gasteiger partial charge in [-0.1, -0.05) is 11.6 Å². The van der Waals surface area contributed by atoms with Crippen molar-refractivity contribution in [2.24, 2.45) is 25.0 Å². The molecule has 6 rings (SSSR count). The van der Waals surface area contributed by atoms with Crippen molar-refractivity contribution in [1.29, 1.82) is 0 Å². The van der Waals surface area contributed by atoms with E-state index in [9.17, 15) is 9.59 Å². The Labute approximate surface area is 211 Å². The molecule has 0 bridgehead atoms. The van der Waals surface area contributed by atoms with E-state index in [-0.39, 0.29) is 11.2 Å². The Kier molecular flexibility index (Phi) is 5.26. The molecule has 9 nitrogen and oxygen atoms in total. The van der Waals surface area contributed by atoms with E-state index in [0.29, 0.717) is 47.3 Å². The van der Waals surface area contributed by atoms with E-state index in [1.165, 1.54) is 11.6 Å². The molecule has 36 heavy (non-hydrogen) atoms. The molecule has 5 aromatic rings. The van der Waals surface area contributed by atoms with Crippen molar-refractivity contribution in [2.75, 3.05) is 0 Å². The molecular weight excluding hydrogens is 478 g/mol. The summed E-state index contributed by atoms with van der Waals surface area (Å²) in [6.45, 7) is 5.02. The largest absolute Gasteiger partial charge is 0.361 e. The second-order valence-electron chi connectivity index (χ2n) is 9.64. The van der Waals surface area contributed by atoms with Crippen LogP contribution in [0.25, 0.3) is 33.3 Å². The van der Waals surface area contributed by atoms with Crippen LogP contribution in [0.1, 0.15) is 24.0 Å². The molecule has 1 aromatic carbocycles. The highest BCUT2D eigenvalue weighted by atomic mass is 35.5. The van der Waals surface area contributed by atoms with E-state index in [4.69, 9.17) is 16.7 Å². The average Bonchev–Trinajstić information content (AvgIpc) is 3.32. The molecule has 0 amide bonds. The van der Waals surface area contributed by atoms with Crippen molar-refractivity contribution >= 4 is 40.3 Å². The Balaban J connectivity index is 1.64. The van der Waals surface area contributed by atoms with Crippen molar-refractivity contribution in [3.05, 3.63) is 73.6 Å². The van der Waals surface area contributed by atoms with Crippen LogP contribution in [0.2, 0.25) is 5.02 Å². The van der Waals surface area contributed by atoms with Gasteiger partial charge in [0, 0.05) is 49.0 Å². The number of hydrogen-bond donors (Lipinski definition) is 1. The minimum atomic E-state index is -0.352. The zero-order valence-electron chi connectivity index (χ0n) is 20.2. The highest BCUT2D eigenvalue weighted by molar-refractivity contribution is 6.31. The van der Waals surface area contributed by atoms with E-state index in [0.717, 1.165) is 40.6 Å². The number of aliphatic imine (C=N–C) groups is 1. The van der Waals surface area contributed by atoms with E-state index in [1.807, 2.05) is 53.0 Å². The maximum Gasteiger partial charge on any atom is 0.332 e. The molecule has 1 aliphatic rings. The molecule has 1 saturated carbocycles. The number of aromatic amines is 1. The molecule has 0 aliphatic heterocycles. The zero-order chi connectivity index (χ0) is 25.1. The summed E-state index contributed by atoms with van der Waals surface area (Å²) in [5, 5.41) is 6.97. The normalized spacial score (nSPS) is 13.8. The highest BCUT2D eigenvalue weighted by Crippen LogP contribution is 2.33. The van der Waals surface area contributed by atoms with Gasteiger partial charge in [0.05, 0.1) is 18.8 Å². The topological polar surface area (TPSA) is 94.9 Å². The van der Waals surface area contributed by atoms with Gasteiger partial charge in [-0.05, 0) is 60.9 Å². The van der Waals surface area contributed by atoms with E-state index < -0.39 is 0 Å². The van der Waals surface area contributed by atoms with E-state index >= 15 is 0 Å². The predicted octanol–water partition coefficient (Wildman–Crippen LogP) is 3.70. The summed E-state index contributed by atoms with van der Waals surface area (Å²) in [6.07, 6.45) is 6.07. The van der Waals surface area contributed by atoms with Crippen LogP contribution in [0, 0.1) is 5.92 Å². The molecule has 1 aliphatic carbocycles. The first-order chi connectivity index (χ1) is 17.4. The van der Waals surface area contributed by atoms with Gasteiger partial charge >= 0.3 is 5.69 Å². The number of benzene rings is 1. The third-order valence-corrected chi connectivity index (χ3v) is 7.25. The number of nitrogens with one attached hydrogen (secondary N) is 1. The maximum absolute atomic E-state index is 13.5. The molecule has 0 unspecified atom stereocenters. The fourth-order valence-electron chi connectivity index (χ4n) is 4.99. The maximum atomic E-state index is 13.5. The molecule has 0 radical (unpaired) electrons. The van der Waals surface area contributed by atoms with Crippen molar-refractivity contribution in [1.82, 2.24) is 28.5 Å². The lowest BCUT2D eigenvalue weighted by molar-refractivity contribution is 0.572. The number of nitrogens with zero attached hydrogens (tertiary/aromatic N) is 6. The molecule has 10 heteroatoms. The summed E-state index contributed by atoms with van der Waals surface area (Å²) >= 11 is 6.29. The first kappa shape index (κ1) is 22.6. The second kappa shape index (κ2) is 8.37. The Hall–Kier alpha value is -3.85. The monoisotopic (exact) mass is 503 g/mol. The Morgan fingerprint density at radius 2 is 2.03 bits per heavy atom. The zero-order valence-corrected chi connectivity index (χ0v) is 20.9. The molecular formula is C26H26ClN7O2. The summed E-state index contributed by atoms with van der Waals surface area (Å²) in [6, 6.07) is 7.71. The van der Waals surface area contributed by atoms with Crippen molar-refractivity contribution < 1.29 is 0 Å². The average molecular weight is 504 g/mol. The first-order valence-electron chi connectivity index (χ1n) is 11.9. The minimum Gasteiger partial charge on any atom is -0.361 e. The predicted molar refractivity (Wildman–Crippen MR) is 142 cm³/mol. The molecule has 0 saturated heterocycles. The molecule has 4 heterocycles. The lowest BCUT2D eigenvalue weighted by atomic mass is 10.1. The van der Waals surface area contributed by atoms with Crippen LogP contribution in [0.5, 0.6) is 0 Å². The molecule has 0 spiro atoms. The van der Waals surface area contributed by atoms with Gasteiger partial charge in [0.2, 0.25) is 0 Å². The number of aryl methyl sites for hydroxylation is 1. The fraction of sp³-hybridized carbons (Fsp3) is 0.308. The van der Waals surface area contributed by atoms with Crippen LogP contribution >= 0.6 is 11.6 Å². The summed E-state index contributed by atoms with van der Waals surface area (Å²) in [4.78, 5) is 34.0. The standard InChI is InChI=1S/C26H26ClN7O2/c1-28-10-16-8-21(31(2)12-16)23-22-24(33(13-15-4-5-15)26(36)32(3)25(22)35)30-34(23)14-17-11-29-20-7-6-18(27)9-19(17)20/h6-9,11-12,15,29H,1,4-5,10,13-14H2,2-3H3. The summed E-state index contributed by atoms with van der Waals surface area (Å²) in [5.41, 5.74) is 4.15. The van der Waals surface area contributed by atoms with Crippen LogP contribution in [0.4, 0.5) is 0 Å². The number of fused-ring (bicyclic) bond motifs is 2. The van der Waals surface area contributed by atoms with Crippen LogP contribution < -0.4 is 11.2 Å². The van der Waals surface area contributed by atoms with Gasteiger partial charge in [0.1, 0.15) is 11.1 Å². The molecule has 0 atom stereocenters. The number of halogens is 1. The third-order valence-electron chi connectivity index (χ3n) is 7.01. The number of rotatable bonds is 7. The Morgan fingerprint density at radius 1 is 1.22 bits per heavy atom. The fourth-order valence-corrected chi connectivity index (χ4v) is 5.16. The van der Waals surface area contributed by atoms with E-state index in [2.05, 4.69) is 16.7 Å². The Morgan fingerprint density at radius 3 is 2.78 bits per heavy atom. The van der Waals surface area contributed by atoms with Crippen LogP contribution in [-0.2, 0) is 33.7 Å². The Bertz CT molecular complexity index is 1780. The number of aromatic nitrogens is 6. The van der Waals surface area contributed by atoms with Gasteiger partial charge < -0.3 is 9.55 Å².